The Bertz CT molecular complexity index is 538. The van der Waals surface area contributed by atoms with Crippen LogP contribution in [0.2, 0.25) is 0 Å². The average molecular weight is 315 g/mol. The Labute approximate surface area is 116 Å². The van der Waals surface area contributed by atoms with E-state index in [9.17, 15) is 4.79 Å². The minimum Gasteiger partial charge on any atom is -0.325 e. The van der Waals surface area contributed by atoms with Crippen molar-refractivity contribution in [1.29, 1.82) is 0 Å². The van der Waals surface area contributed by atoms with Crippen LogP contribution in [0, 0.1) is 6.92 Å². The van der Waals surface area contributed by atoms with Crippen LogP contribution in [0.5, 0.6) is 0 Å². The Morgan fingerprint density at radius 2 is 2.12 bits per heavy atom. The molecule has 1 aromatic carbocycles. The van der Waals surface area contributed by atoms with Crippen molar-refractivity contribution in [3.8, 4) is 0 Å². The molecule has 1 atom stereocenters. The minimum absolute atomic E-state index is 0. The molecule has 0 N–H and O–H groups in total. The summed E-state index contributed by atoms with van der Waals surface area (Å²) in [5.74, 6) is 0.934. The lowest BCUT2D eigenvalue weighted by atomic mass is 10.2. The van der Waals surface area contributed by atoms with Gasteiger partial charge in [0.2, 0.25) is 0 Å². The van der Waals surface area contributed by atoms with Crippen LogP contribution in [0.25, 0.3) is 11.0 Å². The quantitative estimate of drug-likeness (QED) is 0.882. The Kier molecular flexibility index (Phi) is 4.77. The van der Waals surface area contributed by atoms with Gasteiger partial charge in [0.25, 0.3) is 0 Å². The van der Waals surface area contributed by atoms with Crippen LogP contribution in [-0.2, 0) is 4.79 Å². The average Bonchev–Trinajstić information content (AvgIpc) is 2.52. The second-order valence-corrected chi connectivity index (χ2v) is 4.46. The van der Waals surface area contributed by atoms with E-state index in [0.717, 1.165) is 16.9 Å². The third-order valence-electron chi connectivity index (χ3n) is 2.68. The lowest BCUT2D eigenvalue weighted by Crippen LogP contribution is -2.09. The van der Waals surface area contributed by atoms with Crippen molar-refractivity contribution in [2.75, 3.05) is 0 Å². The monoisotopic (exact) mass is 314 g/mol. The van der Waals surface area contributed by atoms with E-state index in [2.05, 4.69) is 22.2 Å². The molecule has 17 heavy (non-hydrogen) atoms. The number of imidazole rings is 1. The number of benzene rings is 1. The first kappa shape index (κ1) is 14.3. The second-order valence-electron chi connectivity index (χ2n) is 3.96. The van der Waals surface area contributed by atoms with E-state index in [1.54, 1.807) is 0 Å². The number of thiol groups is 1. The van der Waals surface area contributed by atoms with Gasteiger partial charge in [0.1, 0.15) is 5.82 Å². The van der Waals surface area contributed by atoms with Crippen LogP contribution >= 0.6 is 29.6 Å². The SMILES string of the molecule is Br.Cc1nc2ccccc2n1C(C)CC(=O)S. The van der Waals surface area contributed by atoms with Gasteiger partial charge in [-0.2, -0.15) is 0 Å². The lowest BCUT2D eigenvalue weighted by Gasteiger charge is -2.14. The summed E-state index contributed by atoms with van der Waals surface area (Å²) in [6.07, 6.45) is 0.421. The lowest BCUT2D eigenvalue weighted by molar-refractivity contribution is -0.111. The van der Waals surface area contributed by atoms with Crippen LogP contribution in [0.4, 0.5) is 0 Å². The zero-order valence-corrected chi connectivity index (χ0v) is 12.4. The van der Waals surface area contributed by atoms with Crippen LogP contribution in [0.15, 0.2) is 24.3 Å². The van der Waals surface area contributed by atoms with Gasteiger partial charge in [0.05, 0.1) is 11.0 Å². The van der Waals surface area contributed by atoms with E-state index in [1.165, 1.54) is 0 Å². The molecule has 0 saturated heterocycles. The number of para-hydroxylation sites is 2. The molecule has 92 valence electrons. The first-order valence-electron chi connectivity index (χ1n) is 5.25. The molecule has 0 bridgehead atoms. The first-order chi connectivity index (χ1) is 7.59. The van der Waals surface area contributed by atoms with Crippen molar-refractivity contribution in [2.45, 2.75) is 26.3 Å². The first-order valence-corrected chi connectivity index (χ1v) is 5.69. The highest BCUT2D eigenvalue weighted by Crippen LogP contribution is 2.22. The van der Waals surface area contributed by atoms with Gasteiger partial charge in [-0.25, -0.2) is 4.98 Å². The highest BCUT2D eigenvalue weighted by molar-refractivity contribution is 8.93. The number of hydrogen-bond acceptors (Lipinski definition) is 2. The normalized spacial score (nSPS) is 12.2. The van der Waals surface area contributed by atoms with Gasteiger partial charge < -0.3 is 4.57 Å². The number of nitrogens with zero attached hydrogens (tertiary/aromatic N) is 2. The standard InChI is InChI=1S/C12H14N2OS.BrH/c1-8(7-12(15)16)14-9(2)13-10-5-3-4-6-11(10)14;/h3-6,8H,7H2,1-2H3,(H,15,16);1H. The molecule has 1 aromatic heterocycles. The summed E-state index contributed by atoms with van der Waals surface area (Å²) in [6, 6.07) is 8.04. The zero-order valence-electron chi connectivity index (χ0n) is 9.75. The van der Waals surface area contributed by atoms with Crippen LogP contribution in [0.1, 0.15) is 25.2 Å². The maximum atomic E-state index is 11.0. The Balaban J connectivity index is 0.00000144. The molecule has 1 heterocycles. The summed E-state index contributed by atoms with van der Waals surface area (Å²) < 4.78 is 2.09. The van der Waals surface area contributed by atoms with Crippen molar-refractivity contribution >= 4 is 45.8 Å². The zero-order chi connectivity index (χ0) is 11.7. The molecule has 0 aliphatic heterocycles. The maximum absolute atomic E-state index is 11.0. The molecule has 0 amide bonds. The number of carbonyl (C=O) groups is 1. The molecule has 2 rings (SSSR count). The third-order valence-corrected chi connectivity index (χ3v) is 2.87. The molecule has 3 nitrogen and oxygen atoms in total. The van der Waals surface area contributed by atoms with Crippen molar-refractivity contribution in [3.05, 3.63) is 30.1 Å². The van der Waals surface area contributed by atoms with Crippen LogP contribution < -0.4 is 0 Å². The van der Waals surface area contributed by atoms with Crippen LogP contribution in [-0.4, -0.2) is 14.7 Å². The summed E-state index contributed by atoms with van der Waals surface area (Å²) in [7, 11) is 0. The molecule has 0 aliphatic rings. The van der Waals surface area contributed by atoms with Crippen molar-refractivity contribution < 1.29 is 4.79 Å². The smallest absolute Gasteiger partial charge is 0.187 e. The van der Waals surface area contributed by atoms with Gasteiger partial charge in [0.15, 0.2) is 5.12 Å². The molecule has 0 fully saturated rings. The van der Waals surface area contributed by atoms with Crippen molar-refractivity contribution in [3.63, 3.8) is 0 Å². The number of halogens is 1. The Hall–Kier alpha value is -0.810. The van der Waals surface area contributed by atoms with Gasteiger partial charge in [-0.1, -0.05) is 12.1 Å². The molecule has 1 unspecified atom stereocenters. The van der Waals surface area contributed by atoms with Gasteiger partial charge in [-0.15, -0.1) is 29.6 Å². The van der Waals surface area contributed by atoms with Crippen molar-refractivity contribution in [2.24, 2.45) is 0 Å². The number of aromatic nitrogens is 2. The van der Waals surface area contributed by atoms with Gasteiger partial charge in [0, 0.05) is 12.5 Å². The molecule has 5 heteroatoms. The summed E-state index contributed by atoms with van der Waals surface area (Å²) in [6.45, 7) is 3.97. The molecular weight excluding hydrogens is 300 g/mol. The molecule has 0 saturated carbocycles. The van der Waals surface area contributed by atoms with Crippen LogP contribution in [0.3, 0.4) is 0 Å². The largest absolute Gasteiger partial charge is 0.325 e. The number of hydrogen-bond donors (Lipinski definition) is 1. The number of carbonyl (C=O) groups excluding carboxylic acids is 1. The fraction of sp³-hybridized carbons (Fsp3) is 0.333. The van der Waals surface area contributed by atoms with E-state index in [0.29, 0.717) is 6.42 Å². The number of fused-ring (bicyclic) bond motifs is 1. The number of rotatable bonds is 3. The summed E-state index contributed by atoms with van der Waals surface area (Å²) >= 11 is 3.82. The molecule has 0 radical (unpaired) electrons. The summed E-state index contributed by atoms with van der Waals surface area (Å²) in [4.78, 5) is 15.5. The number of aryl methyl sites for hydroxylation is 1. The van der Waals surface area contributed by atoms with Gasteiger partial charge >= 0.3 is 0 Å². The fourth-order valence-corrected chi connectivity index (χ4v) is 2.33. The van der Waals surface area contributed by atoms with E-state index < -0.39 is 0 Å². The molecule has 2 aromatic rings. The third kappa shape index (κ3) is 2.90. The topological polar surface area (TPSA) is 34.9 Å². The summed E-state index contributed by atoms with van der Waals surface area (Å²) in [5, 5.41) is -0.0929. The highest BCUT2D eigenvalue weighted by Gasteiger charge is 2.14. The molecular formula is C12H15BrN2OS. The second kappa shape index (κ2) is 5.69. The molecule has 0 spiro atoms. The highest BCUT2D eigenvalue weighted by atomic mass is 79.9. The van der Waals surface area contributed by atoms with Gasteiger partial charge in [-0.05, 0) is 26.0 Å². The predicted octanol–water partition coefficient (Wildman–Crippen LogP) is 3.33. The minimum atomic E-state index is -0.0929. The van der Waals surface area contributed by atoms with E-state index >= 15 is 0 Å². The summed E-state index contributed by atoms with van der Waals surface area (Å²) in [5.41, 5.74) is 2.04. The van der Waals surface area contributed by atoms with E-state index in [4.69, 9.17) is 0 Å². The van der Waals surface area contributed by atoms with E-state index in [-0.39, 0.29) is 28.1 Å². The van der Waals surface area contributed by atoms with Gasteiger partial charge in [-0.3, -0.25) is 4.79 Å². The maximum Gasteiger partial charge on any atom is 0.187 e. The fourth-order valence-electron chi connectivity index (χ4n) is 2.07. The molecule has 0 aliphatic carbocycles. The predicted molar refractivity (Wildman–Crippen MR) is 78.1 cm³/mol. The Morgan fingerprint density at radius 3 is 2.76 bits per heavy atom. The van der Waals surface area contributed by atoms with E-state index in [1.807, 2.05) is 38.1 Å². The van der Waals surface area contributed by atoms with Crippen molar-refractivity contribution in [1.82, 2.24) is 9.55 Å². The Morgan fingerprint density at radius 1 is 1.47 bits per heavy atom.